The Morgan fingerprint density at radius 1 is 1.12 bits per heavy atom. The zero-order chi connectivity index (χ0) is 18.0. The molecule has 1 heterocycles. The van der Waals surface area contributed by atoms with Crippen LogP contribution in [0.5, 0.6) is 0 Å². The highest BCUT2D eigenvalue weighted by molar-refractivity contribution is 5.90. The van der Waals surface area contributed by atoms with Crippen molar-refractivity contribution >= 4 is 16.9 Å². The van der Waals surface area contributed by atoms with E-state index >= 15 is 0 Å². The van der Waals surface area contributed by atoms with Crippen molar-refractivity contribution in [3.63, 3.8) is 0 Å². The minimum atomic E-state index is -0.491. The summed E-state index contributed by atoms with van der Waals surface area (Å²) < 4.78 is 10.7. The maximum absolute atomic E-state index is 12.2. The smallest absolute Gasteiger partial charge is 0.338 e. The molecular formula is C20H18O5. The van der Waals surface area contributed by atoms with Gasteiger partial charge in [-0.25, -0.2) is 9.59 Å². The molecule has 0 unspecified atom stereocenters. The van der Waals surface area contributed by atoms with Gasteiger partial charge in [-0.3, -0.25) is 0 Å². The molecule has 1 aromatic heterocycles. The lowest BCUT2D eigenvalue weighted by Crippen LogP contribution is -2.08. The second kappa shape index (κ2) is 6.91. The number of carbonyl (C=O) groups is 1. The number of ether oxygens (including phenoxy) is 1. The SMILES string of the molecule is Cc1ccc2c(COC(=O)c3ccc(CO)cc3)cc(=O)oc2c1C. The number of hydrogen-bond acceptors (Lipinski definition) is 5. The van der Waals surface area contributed by atoms with E-state index in [1.54, 1.807) is 24.3 Å². The summed E-state index contributed by atoms with van der Waals surface area (Å²) in [6.07, 6.45) is 0. The number of rotatable bonds is 4. The Hall–Kier alpha value is -2.92. The maximum atomic E-state index is 12.2. The van der Waals surface area contributed by atoms with Crippen molar-refractivity contribution in [3.05, 3.63) is 80.7 Å². The fourth-order valence-corrected chi connectivity index (χ4v) is 2.62. The van der Waals surface area contributed by atoms with Gasteiger partial charge >= 0.3 is 11.6 Å². The van der Waals surface area contributed by atoms with Crippen LogP contribution < -0.4 is 5.63 Å². The number of aliphatic hydroxyl groups is 1. The predicted molar refractivity (Wildman–Crippen MR) is 93.4 cm³/mol. The van der Waals surface area contributed by atoms with E-state index in [4.69, 9.17) is 14.3 Å². The average molecular weight is 338 g/mol. The monoisotopic (exact) mass is 338 g/mol. The van der Waals surface area contributed by atoms with Crippen molar-refractivity contribution in [3.8, 4) is 0 Å². The third-order valence-corrected chi connectivity index (χ3v) is 4.25. The Morgan fingerprint density at radius 2 is 1.84 bits per heavy atom. The van der Waals surface area contributed by atoms with Gasteiger partial charge in [-0.15, -0.1) is 0 Å². The van der Waals surface area contributed by atoms with E-state index in [1.165, 1.54) is 6.07 Å². The van der Waals surface area contributed by atoms with Gasteiger partial charge in [0.15, 0.2) is 0 Å². The van der Waals surface area contributed by atoms with Crippen molar-refractivity contribution in [1.29, 1.82) is 0 Å². The Bertz CT molecular complexity index is 983. The van der Waals surface area contributed by atoms with Crippen LogP contribution in [0.1, 0.15) is 32.6 Å². The summed E-state index contributed by atoms with van der Waals surface area (Å²) in [7, 11) is 0. The molecule has 5 nitrogen and oxygen atoms in total. The van der Waals surface area contributed by atoms with Gasteiger partial charge in [0.05, 0.1) is 12.2 Å². The van der Waals surface area contributed by atoms with E-state index in [0.717, 1.165) is 16.5 Å². The minimum absolute atomic E-state index is 0.0226. The minimum Gasteiger partial charge on any atom is -0.457 e. The van der Waals surface area contributed by atoms with E-state index in [0.29, 0.717) is 22.3 Å². The van der Waals surface area contributed by atoms with E-state index in [9.17, 15) is 9.59 Å². The van der Waals surface area contributed by atoms with Crippen LogP contribution in [-0.2, 0) is 18.0 Å². The van der Waals surface area contributed by atoms with Crippen molar-refractivity contribution in [2.75, 3.05) is 0 Å². The van der Waals surface area contributed by atoms with Crippen molar-refractivity contribution in [2.45, 2.75) is 27.1 Å². The summed E-state index contributed by atoms with van der Waals surface area (Å²) in [6.45, 7) is 3.72. The number of esters is 1. The van der Waals surface area contributed by atoms with Gasteiger partial charge in [0.1, 0.15) is 12.2 Å². The Kier molecular flexibility index (Phi) is 4.67. The normalized spacial score (nSPS) is 10.8. The van der Waals surface area contributed by atoms with Gasteiger partial charge in [0.2, 0.25) is 0 Å². The van der Waals surface area contributed by atoms with E-state index in [1.807, 2.05) is 26.0 Å². The predicted octanol–water partition coefficient (Wildman–Crippen LogP) is 3.26. The van der Waals surface area contributed by atoms with Gasteiger partial charge in [0, 0.05) is 17.0 Å². The quantitative estimate of drug-likeness (QED) is 0.584. The van der Waals surface area contributed by atoms with E-state index in [2.05, 4.69) is 0 Å². The third kappa shape index (κ3) is 3.46. The fourth-order valence-electron chi connectivity index (χ4n) is 2.62. The van der Waals surface area contributed by atoms with Crippen LogP contribution in [-0.4, -0.2) is 11.1 Å². The number of hydrogen-bond donors (Lipinski definition) is 1. The number of fused-ring (bicyclic) bond motifs is 1. The molecule has 1 N–H and O–H groups in total. The Balaban J connectivity index is 1.86. The van der Waals surface area contributed by atoms with Crippen LogP contribution >= 0.6 is 0 Å². The summed E-state index contributed by atoms with van der Waals surface area (Å²) in [4.78, 5) is 24.0. The van der Waals surface area contributed by atoms with Crippen LogP contribution in [0.25, 0.3) is 11.0 Å². The van der Waals surface area contributed by atoms with Gasteiger partial charge in [-0.1, -0.05) is 24.3 Å². The maximum Gasteiger partial charge on any atom is 0.338 e. The molecule has 3 rings (SSSR count). The van der Waals surface area contributed by atoms with Gasteiger partial charge < -0.3 is 14.3 Å². The zero-order valence-corrected chi connectivity index (χ0v) is 14.0. The second-order valence-electron chi connectivity index (χ2n) is 5.91. The van der Waals surface area contributed by atoms with Gasteiger partial charge in [-0.05, 0) is 42.7 Å². The largest absolute Gasteiger partial charge is 0.457 e. The van der Waals surface area contributed by atoms with Crippen LogP contribution in [0.2, 0.25) is 0 Å². The topological polar surface area (TPSA) is 76.7 Å². The molecule has 0 atom stereocenters. The Morgan fingerprint density at radius 3 is 2.52 bits per heavy atom. The van der Waals surface area contributed by atoms with Crippen molar-refractivity contribution in [2.24, 2.45) is 0 Å². The van der Waals surface area contributed by atoms with Crippen LogP contribution in [0.4, 0.5) is 0 Å². The highest BCUT2D eigenvalue weighted by Gasteiger charge is 2.12. The molecule has 2 aromatic carbocycles. The number of aryl methyl sites for hydroxylation is 2. The molecule has 0 saturated carbocycles. The van der Waals surface area contributed by atoms with Crippen molar-refractivity contribution in [1.82, 2.24) is 0 Å². The highest BCUT2D eigenvalue weighted by Crippen LogP contribution is 2.24. The molecule has 0 aliphatic rings. The average Bonchev–Trinajstić information content (AvgIpc) is 2.63. The number of benzene rings is 2. The molecule has 3 aromatic rings. The molecule has 0 radical (unpaired) electrons. The summed E-state index contributed by atoms with van der Waals surface area (Å²) in [5.41, 5.74) is 3.67. The third-order valence-electron chi connectivity index (χ3n) is 4.25. The summed E-state index contributed by atoms with van der Waals surface area (Å²) in [6, 6.07) is 11.7. The molecule has 128 valence electrons. The standard InChI is InChI=1S/C20H18O5/c1-12-3-8-17-16(9-18(22)25-19(17)13(12)2)11-24-20(23)15-6-4-14(10-21)5-7-15/h3-9,21H,10-11H2,1-2H3. The molecule has 0 saturated heterocycles. The molecule has 0 bridgehead atoms. The second-order valence-corrected chi connectivity index (χ2v) is 5.91. The molecule has 0 fully saturated rings. The lowest BCUT2D eigenvalue weighted by atomic mass is 10.0. The molecule has 0 spiro atoms. The lowest BCUT2D eigenvalue weighted by Gasteiger charge is -2.10. The first-order valence-electron chi connectivity index (χ1n) is 7.89. The molecule has 0 aliphatic heterocycles. The number of aliphatic hydroxyl groups excluding tert-OH is 1. The first kappa shape index (κ1) is 16.9. The van der Waals surface area contributed by atoms with Gasteiger partial charge in [-0.2, -0.15) is 0 Å². The summed E-state index contributed by atoms with van der Waals surface area (Å²) >= 11 is 0. The van der Waals surface area contributed by atoms with Crippen molar-refractivity contribution < 1.29 is 19.1 Å². The first-order chi connectivity index (χ1) is 12.0. The van der Waals surface area contributed by atoms with Crippen LogP contribution in [0.3, 0.4) is 0 Å². The molecular weight excluding hydrogens is 320 g/mol. The molecule has 5 heteroatoms. The van der Waals surface area contributed by atoms with Gasteiger partial charge in [0.25, 0.3) is 0 Å². The summed E-state index contributed by atoms with van der Waals surface area (Å²) in [5.74, 6) is -0.491. The van der Waals surface area contributed by atoms with E-state index in [-0.39, 0.29) is 13.2 Å². The fraction of sp³-hybridized carbons (Fsp3) is 0.200. The van der Waals surface area contributed by atoms with Crippen LogP contribution in [0, 0.1) is 13.8 Å². The molecule has 0 aliphatic carbocycles. The van der Waals surface area contributed by atoms with Crippen LogP contribution in [0.15, 0.2) is 51.7 Å². The first-order valence-corrected chi connectivity index (χ1v) is 7.89. The van der Waals surface area contributed by atoms with E-state index < -0.39 is 11.6 Å². The molecule has 0 amide bonds. The zero-order valence-electron chi connectivity index (χ0n) is 14.0. The molecule has 25 heavy (non-hydrogen) atoms. The number of carbonyl (C=O) groups excluding carboxylic acids is 1. The Labute approximate surface area is 144 Å². The summed E-state index contributed by atoms with van der Waals surface area (Å²) in [5, 5.41) is 9.79. The highest BCUT2D eigenvalue weighted by atomic mass is 16.5. The lowest BCUT2D eigenvalue weighted by molar-refractivity contribution is 0.0473.